The zero-order valence-corrected chi connectivity index (χ0v) is 11.3. The summed E-state index contributed by atoms with van der Waals surface area (Å²) in [6, 6.07) is 8.35. The molecule has 0 atom stereocenters. The molecule has 0 unspecified atom stereocenters. The first-order valence-corrected chi connectivity index (χ1v) is 6.81. The van der Waals surface area contributed by atoms with Crippen molar-refractivity contribution in [2.24, 2.45) is 0 Å². The minimum Gasteiger partial charge on any atom is -0.301 e. The van der Waals surface area contributed by atoms with Gasteiger partial charge in [0.1, 0.15) is 0 Å². The van der Waals surface area contributed by atoms with Gasteiger partial charge in [0, 0.05) is 32.7 Å². The quantitative estimate of drug-likeness (QED) is 0.802. The van der Waals surface area contributed by atoms with E-state index in [1.165, 1.54) is 38.3 Å². The Hall–Kier alpha value is -1.12. The Kier molecular flexibility index (Phi) is 4.97. The van der Waals surface area contributed by atoms with Gasteiger partial charge in [0.2, 0.25) is 0 Å². The highest BCUT2D eigenvalue weighted by atomic mass is 15.2. The van der Waals surface area contributed by atoms with Gasteiger partial charge in [-0.1, -0.05) is 43.3 Å². The van der Waals surface area contributed by atoms with Gasteiger partial charge < -0.3 is 4.90 Å². The first-order valence-electron chi connectivity index (χ1n) is 6.81. The van der Waals surface area contributed by atoms with E-state index in [0.717, 1.165) is 12.1 Å². The summed E-state index contributed by atoms with van der Waals surface area (Å²) in [5, 5.41) is 0. The third-order valence-corrected chi connectivity index (χ3v) is 3.57. The third kappa shape index (κ3) is 3.97. The fourth-order valence-corrected chi connectivity index (χ4v) is 2.25. The van der Waals surface area contributed by atoms with Crippen LogP contribution in [0.3, 0.4) is 0 Å². The molecule has 2 heteroatoms. The predicted molar refractivity (Wildman–Crippen MR) is 78.5 cm³/mol. The highest BCUT2D eigenvalue weighted by molar-refractivity contribution is 5.50. The Balaban J connectivity index is 1.76. The van der Waals surface area contributed by atoms with Crippen molar-refractivity contribution in [1.29, 1.82) is 0 Å². The van der Waals surface area contributed by atoms with Crippen molar-refractivity contribution in [3.05, 3.63) is 48.4 Å². The van der Waals surface area contributed by atoms with Crippen molar-refractivity contribution in [1.82, 2.24) is 9.80 Å². The van der Waals surface area contributed by atoms with E-state index >= 15 is 0 Å². The number of nitrogens with zero attached hydrogens (tertiary/aromatic N) is 2. The Morgan fingerprint density at radius 2 is 1.67 bits per heavy atom. The summed E-state index contributed by atoms with van der Waals surface area (Å²) in [6.45, 7) is 13.2. The second-order valence-corrected chi connectivity index (χ2v) is 4.88. The molecule has 1 aliphatic rings. The number of likely N-dealkylation sites (N-methyl/N-ethyl adjacent to an activating group) is 1. The molecule has 1 saturated heterocycles. The van der Waals surface area contributed by atoms with Crippen LogP contribution in [0.4, 0.5) is 0 Å². The summed E-state index contributed by atoms with van der Waals surface area (Å²) in [4.78, 5) is 5.02. The van der Waals surface area contributed by atoms with Gasteiger partial charge >= 0.3 is 0 Å². The highest BCUT2D eigenvalue weighted by Gasteiger charge is 2.13. The van der Waals surface area contributed by atoms with E-state index in [1.54, 1.807) is 0 Å². The molecule has 0 N–H and O–H groups in total. The molecular weight excluding hydrogens is 220 g/mol. The Morgan fingerprint density at radius 1 is 1.06 bits per heavy atom. The van der Waals surface area contributed by atoms with Crippen LogP contribution >= 0.6 is 0 Å². The van der Waals surface area contributed by atoms with E-state index < -0.39 is 0 Å². The fraction of sp³-hybridized carbons (Fsp3) is 0.438. The molecule has 0 spiro atoms. The van der Waals surface area contributed by atoms with Crippen LogP contribution in [0.1, 0.15) is 18.1 Å². The summed E-state index contributed by atoms with van der Waals surface area (Å²) in [5.41, 5.74) is 2.33. The van der Waals surface area contributed by atoms with E-state index in [0.29, 0.717) is 0 Å². The molecular formula is C16H23N2. The van der Waals surface area contributed by atoms with E-state index in [4.69, 9.17) is 0 Å². The van der Waals surface area contributed by atoms with Crippen molar-refractivity contribution in [2.45, 2.75) is 6.92 Å². The van der Waals surface area contributed by atoms with Gasteiger partial charge in [-0.25, -0.2) is 0 Å². The van der Waals surface area contributed by atoms with Crippen LogP contribution in [0.25, 0.3) is 6.08 Å². The van der Waals surface area contributed by atoms with Crippen LogP contribution in [0.2, 0.25) is 0 Å². The smallest absolute Gasteiger partial charge is 0.0167 e. The van der Waals surface area contributed by atoms with Crippen molar-refractivity contribution >= 4 is 6.08 Å². The van der Waals surface area contributed by atoms with Crippen molar-refractivity contribution in [3.8, 4) is 0 Å². The maximum Gasteiger partial charge on any atom is 0.0167 e. The summed E-state index contributed by atoms with van der Waals surface area (Å²) in [5.74, 6) is 0. The summed E-state index contributed by atoms with van der Waals surface area (Å²) in [7, 11) is 0. The van der Waals surface area contributed by atoms with Gasteiger partial charge in [0.05, 0.1) is 0 Å². The van der Waals surface area contributed by atoms with E-state index in [-0.39, 0.29) is 0 Å². The average Bonchev–Trinajstić information content (AvgIpc) is 2.42. The fourth-order valence-electron chi connectivity index (χ4n) is 2.25. The number of hydrogen-bond donors (Lipinski definition) is 0. The van der Waals surface area contributed by atoms with Crippen LogP contribution in [0, 0.1) is 6.92 Å². The van der Waals surface area contributed by atoms with Crippen molar-refractivity contribution in [2.75, 3.05) is 39.3 Å². The molecule has 2 rings (SSSR count). The molecule has 0 amide bonds. The van der Waals surface area contributed by atoms with Crippen molar-refractivity contribution < 1.29 is 0 Å². The zero-order chi connectivity index (χ0) is 12.8. The maximum absolute atomic E-state index is 3.89. The Morgan fingerprint density at radius 3 is 2.28 bits per heavy atom. The monoisotopic (exact) mass is 243 g/mol. The Labute approximate surface area is 111 Å². The molecule has 1 aromatic rings. The highest BCUT2D eigenvalue weighted by Crippen LogP contribution is 2.06. The summed E-state index contributed by atoms with van der Waals surface area (Å²) in [6.07, 6.45) is 4.46. The average molecular weight is 243 g/mol. The molecule has 1 radical (unpaired) electrons. The topological polar surface area (TPSA) is 6.48 Å². The zero-order valence-electron chi connectivity index (χ0n) is 11.3. The lowest BCUT2D eigenvalue weighted by Gasteiger charge is -2.33. The van der Waals surface area contributed by atoms with Crippen LogP contribution in [0.15, 0.2) is 30.3 Å². The summed E-state index contributed by atoms with van der Waals surface area (Å²) >= 11 is 0. The van der Waals surface area contributed by atoms with E-state index in [2.05, 4.69) is 60.1 Å². The van der Waals surface area contributed by atoms with Gasteiger partial charge in [-0.05, 0) is 24.6 Å². The van der Waals surface area contributed by atoms with Gasteiger partial charge in [-0.15, -0.1) is 0 Å². The van der Waals surface area contributed by atoms with Crippen LogP contribution < -0.4 is 0 Å². The first kappa shape index (κ1) is 13.3. The van der Waals surface area contributed by atoms with E-state index in [9.17, 15) is 0 Å². The first-order chi connectivity index (χ1) is 8.78. The number of rotatable bonds is 4. The third-order valence-electron chi connectivity index (χ3n) is 3.57. The number of benzene rings is 1. The van der Waals surface area contributed by atoms with E-state index in [1.807, 2.05) is 0 Å². The Bertz CT molecular complexity index is 373. The van der Waals surface area contributed by atoms with Gasteiger partial charge in [-0.2, -0.15) is 0 Å². The van der Waals surface area contributed by atoms with Crippen LogP contribution in [0.5, 0.6) is 0 Å². The molecule has 1 aromatic carbocycles. The minimum absolute atomic E-state index is 1.06. The molecule has 0 aromatic heterocycles. The second kappa shape index (κ2) is 6.72. The SMILES string of the molecule is [CH2]c1ccc(/C=C/CN2CCN(CC)CC2)cc1. The largest absolute Gasteiger partial charge is 0.301 e. The predicted octanol–water partition coefficient (Wildman–Crippen LogP) is 2.52. The standard InChI is InChI=1S/C16H23N2/c1-3-17-11-13-18(14-12-17)10-4-5-16-8-6-15(2)7-9-16/h4-9H,2-3,10-14H2,1H3/b5-4+. The number of piperazine rings is 1. The molecule has 0 aliphatic carbocycles. The minimum atomic E-state index is 1.06. The lowest BCUT2D eigenvalue weighted by molar-refractivity contribution is 0.148. The molecule has 1 heterocycles. The molecule has 18 heavy (non-hydrogen) atoms. The summed E-state index contributed by atoms with van der Waals surface area (Å²) < 4.78 is 0. The normalized spacial score (nSPS) is 18.6. The van der Waals surface area contributed by atoms with Crippen molar-refractivity contribution in [3.63, 3.8) is 0 Å². The molecule has 1 fully saturated rings. The molecule has 97 valence electrons. The van der Waals surface area contributed by atoms with Crippen LogP contribution in [-0.2, 0) is 0 Å². The van der Waals surface area contributed by atoms with Gasteiger partial charge in [-0.3, -0.25) is 4.90 Å². The van der Waals surface area contributed by atoms with Gasteiger partial charge in [0.25, 0.3) is 0 Å². The molecule has 0 saturated carbocycles. The number of hydrogen-bond acceptors (Lipinski definition) is 2. The lowest BCUT2D eigenvalue weighted by atomic mass is 10.1. The molecule has 0 bridgehead atoms. The molecule has 1 aliphatic heterocycles. The van der Waals surface area contributed by atoms with Gasteiger partial charge in [0.15, 0.2) is 0 Å². The molecule has 2 nitrogen and oxygen atoms in total. The van der Waals surface area contributed by atoms with Crippen LogP contribution in [-0.4, -0.2) is 49.1 Å². The lowest BCUT2D eigenvalue weighted by Crippen LogP contribution is -2.45. The second-order valence-electron chi connectivity index (χ2n) is 4.88. The maximum atomic E-state index is 3.89.